The number of hydrogen-bond donors (Lipinski definition) is 2. The van der Waals surface area contributed by atoms with Gasteiger partial charge in [-0.05, 0) is 24.3 Å². The maximum Gasteiger partial charge on any atom is 0.250 e. The summed E-state index contributed by atoms with van der Waals surface area (Å²) >= 11 is 0. The highest BCUT2D eigenvalue weighted by molar-refractivity contribution is 5.98. The van der Waals surface area contributed by atoms with Gasteiger partial charge in [0, 0.05) is 13.1 Å². The molecule has 2 heterocycles. The first kappa shape index (κ1) is 12.7. The molecule has 0 atom stereocenters. The molecule has 0 unspecified atom stereocenters. The molecule has 4 N–H and O–H groups in total. The van der Waals surface area contributed by atoms with Gasteiger partial charge in [0.05, 0.1) is 17.4 Å². The van der Waals surface area contributed by atoms with E-state index in [9.17, 15) is 4.79 Å². The van der Waals surface area contributed by atoms with E-state index < -0.39 is 5.91 Å². The summed E-state index contributed by atoms with van der Waals surface area (Å²) in [5.74, 6) is 0.276. The number of piperidine rings is 1. The molecule has 1 saturated heterocycles. The molecule has 0 aliphatic carbocycles. The highest BCUT2D eigenvalue weighted by Crippen LogP contribution is 2.31. The van der Waals surface area contributed by atoms with Crippen LogP contribution in [-0.2, 0) is 0 Å². The number of pyridine rings is 1. The van der Waals surface area contributed by atoms with Crippen LogP contribution in [0.1, 0.15) is 37.0 Å². The van der Waals surface area contributed by atoms with Gasteiger partial charge in [0.2, 0.25) is 0 Å². The molecule has 5 nitrogen and oxygen atoms in total. The minimum Gasteiger partial charge on any atom is -0.397 e. The van der Waals surface area contributed by atoms with Crippen molar-refractivity contribution in [2.24, 2.45) is 11.1 Å². The van der Waals surface area contributed by atoms with Crippen LogP contribution in [0, 0.1) is 5.41 Å². The molecule has 1 aromatic heterocycles. The van der Waals surface area contributed by atoms with Crippen LogP contribution < -0.4 is 16.4 Å². The highest BCUT2D eigenvalue weighted by atomic mass is 16.1. The summed E-state index contributed by atoms with van der Waals surface area (Å²) in [4.78, 5) is 17.8. The number of hydrogen-bond acceptors (Lipinski definition) is 4. The second-order valence-corrected chi connectivity index (χ2v) is 5.68. The van der Waals surface area contributed by atoms with Crippen LogP contribution in [0.25, 0.3) is 0 Å². The predicted octanol–water partition coefficient (Wildman–Crippen LogP) is 1.39. The van der Waals surface area contributed by atoms with Crippen LogP contribution in [0.4, 0.5) is 11.5 Å². The third-order valence-electron chi connectivity index (χ3n) is 3.41. The van der Waals surface area contributed by atoms with Gasteiger partial charge in [-0.3, -0.25) is 4.79 Å². The van der Waals surface area contributed by atoms with Crippen LogP contribution in [-0.4, -0.2) is 24.0 Å². The van der Waals surface area contributed by atoms with Crippen molar-refractivity contribution in [3.05, 3.63) is 17.8 Å². The number of amides is 1. The van der Waals surface area contributed by atoms with Crippen LogP contribution >= 0.6 is 0 Å². The van der Waals surface area contributed by atoms with Crippen LogP contribution in [0.3, 0.4) is 0 Å². The molecule has 18 heavy (non-hydrogen) atoms. The molecule has 0 aromatic carbocycles. The van der Waals surface area contributed by atoms with Crippen LogP contribution in [0.5, 0.6) is 0 Å². The zero-order chi connectivity index (χ0) is 13.3. The molecule has 0 bridgehead atoms. The molecule has 1 fully saturated rings. The lowest BCUT2D eigenvalue weighted by Crippen LogP contribution is -2.40. The van der Waals surface area contributed by atoms with E-state index in [-0.39, 0.29) is 5.41 Å². The predicted molar refractivity (Wildman–Crippen MR) is 72.4 cm³/mol. The van der Waals surface area contributed by atoms with Gasteiger partial charge in [-0.15, -0.1) is 0 Å². The minimum atomic E-state index is -0.507. The summed E-state index contributed by atoms with van der Waals surface area (Å²) in [6.07, 6.45) is 3.85. The monoisotopic (exact) mass is 248 g/mol. The fourth-order valence-electron chi connectivity index (χ4n) is 2.46. The lowest BCUT2D eigenvalue weighted by Gasteiger charge is -2.38. The van der Waals surface area contributed by atoms with Gasteiger partial charge in [-0.2, -0.15) is 0 Å². The Labute approximate surface area is 107 Å². The Hall–Kier alpha value is -1.78. The molecule has 5 heteroatoms. The summed E-state index contributed by atoms with van der Waals surface area (Å²) < 4.78 is 0. The molecule has 0 spiro atoms. The highest BCUT2D eigenvalue weighted by Gasteiger charge is 2.27. The van der Waals surface area contributed by atoms with Crippen LogP contribution in [0.2, 0.25) is 0 Å². The number of nitrogen functional groups attached to an aromatic ring is 1. The number of carbonyl (C=O) groups excluding carboxylic acids is 1. The van der Waals surface area contributed by atoms with Crippen molar-refractivity contribution < 1.29 is 4.79 Å². The maximum atomic E-state index is 11.3. The van der Waals surface area contributed by atoms with E-state index in [1.807, 2.05) is 0 Å². The van der Waals surface area contributed by atoms with Gasteiger partial charge < -0.3 is 16.4 Å². The van der Waals surface area contributed by atoms with E-state index in [4.69, 9.17) is 11.5 Å². The van der Waals surface area contributed by atoms with Gasteiger partial charge >= 0.3 is 0 Å². The third-order valence-corrected chi connectivity index (χ3v) is 3.41. The van der Waals surface area contributed by atoms with E-state index in [1.165, 1.54) is 12.6 Å². The first-order valence-electron chi connectivity index (χ1n) is 6.19. The number of nitrogens with two attached hydrogens (primary N) is 2. The van der Waals surface area contributed by atoms with Crippen molar-refractivity contribution in [2.45, 2.75) is 26.7 Å². The Kier molecular flexibility index (Phi) is 3.15. The summed E-state index contributed by atoms with van der Waals surface area (Å²) in [5.41, 5.74) is 12.0. The molecule has 0 radical (unpaired) electrons. The van der Waals surface area contributed by atoms with E-state index in [0.29, 0.717) is 11.3 Å². The quantitative estimate of drug-likeness (QED) is 0.828. The summed E-state index contributed by atoms with van der Waals surface area (Å²) in [5, 5.41) is 0. The number of nitrogens with zero attached hydrogens (tertiary/aromatic N) is 2. The number of carbonyl (C=O) groups is 1. The Bertz CT molecular complexity index is 470. The van der Waals surface area contributed by atoms with Gasteiger partial charge in [0.15, 0.2) is 0 Å². The zero-order valence-corrected chi connectivity index (χ0v) is 10.9. The molecule has 98 valence electrons. The van der Waals surface area contributed by atoms with E-state index >= 15 is 0 Å². The molecule has 0 saturated carbocycles. The standard InChI is InChI=1S/C13H20N4O/c1-13(2)4-3-5-17(8-13)11-6-9(12(15)18)10(14)7-16-11/h6-7H,3-5,8,14H2,1-2H3,(H2,15,18). The van der Waals surface area contributed by atoms with Crippen molar-refractivity contribution >= 4 is 17.4 Å². The Balaban J connectivity index is 2.28. The molecular weight excluding hydrogens is 228 g/mol. The van der Waals surface area contributed by atoms with Crippen molar-refractivity contribution in [3.63, 3.8) is 0 Å². The summed E-state index contributed by atoms with van der Waals surface area (Å²) in [6.45, 7) is 6.37. The van der Waals surface area contributed by atoms with E-state index in [1.54, 1.807) is 6.07 Å². The SMILES string of the molecule is CC1(C)CCCN(c2cc(C(N)=O)c(N)cn2)C1. The lowest BCUT2D eigenvalue weighted by molar-refractivity contribution is 0.100. The average molecular weight is 248 g/mol. The van der Waals surface area contributed by atoms with Crippen molar-refractivity contribution in [3.8, 4) is 0 Å². The zero-order valence-electron chi connectivity index (χ0n) is 10.9. The van der Waals surface area contributed by atoms with Crippen molar-refractivity contribution in [1.82, 2.24) is 4.98 Å². The Morgan fingerprint density at radius 3 is 2.83 bits per heavy atom. The van der Waals surface area contributed by atoms with E-state index in [2.05, 4.69) is 23.7 Å². The van der Waals surface area contributed by atoms with Gasteiger partial charge in [0.25, 0.3) is 5.91 Å². The van der Waals surface area contributed by atoms with Crippen LogP contribution in [0.15, 0.2) is 12.3 Å². The second kappa shape index (κ2) is 4.48. The number of anilines is 2. The summed E-state index contributed by atoms with van der Waals surface area (Å²) in [7, 11) is 0. The lowest BCUT2D eigenvalue weighted by atomic mass is 9.84. The second-order valence-electron chi connectivity index (χ2n) is 5.68. The minimum absolute atomic E-state index is 0.272. The topological polar surface area (TPSA) is 85.2 Å². The van der Waals surface area contributed by atoms with Gasteiger partial charge in [-0.25, -0.2) is 4.98 Å². The fourth-order valence-corrected chi connectivity index (χ4v) is 2.46. The van der Waals surface area contributed by atoms with Crippen molar-refractivity contribution in [1.29, 1.82) is 0 Å². The fraction of sp³-hybridized carbons (Fsp3) is 0.538. The molecule has 1 aromatic rings. The number of rotatable bonds is 2. The van der Waals surface area contributed by atoms with E-state index in [0.717, 1.165) is 25.3 Å². The average Bonchev–Trinajstić information content (AvgIpc) is 2.27. The Morgan fingerprint density at radius 1 is 1.50 bits per heavy atom. The summed E-state index contributed by atoms with van der Waals surface area (Å²) in [6, 6.07) is 1.69. The van der Waals surface area contributed by atoms with Gasteiger partial charge in [0.1, 0.15) is 5.82 Å². The third kappa shape index (κ3) is 2.55. The normalized spacial score (nSPS) is 18.7. The maximum absolute atomic E-state index is 11.3. The molecule has 1 amide bonds. The number of aromatic nitrogens is 1. The first-order valence-corrected chi connectivity index (χ1v) is 6.19. The molecule has 1 aliphatic rings. The first-order chi connectivity index (χ1) is 8.39. The smallest absolute Gasteiger partial charge is 0.250 e. The molecule has 2 rings (SSSR count). The molecular formula is C13H20N4O. The molecule has 1 aliphatic heterocycles. The Morgan fingerprint density at radius 2 is 2.22 bits per heavy atom. The largest absolute Gasteiger partial charge is 0.397 e. The number of primary amides is 1. The van der Waals surface area contributed by atoms with Crippen molar-refractivity contribution in [2.75, 3.05) is 23.7 Å². The van der Waals surface area contributed by atoms with Gasteiger partial charge in [-0.1, -0.05) is 13.8 Å².